The third-order valence-corrected chi connectivity index (χ3v) is 11.5. The highest BCUT2D eigenvalue weighted by Crippen LogP contribution is 2.36. The van der Waals surface area contributed by atoms with Crippen LogP contribution in [0.2, 0.25) is 0 Å². The van der Waals surface area contributed by atoms with Crippen molar-refractivity contribution in [2.45, 2.75) is 94.9 Å². The predicted molar refractivity (Wildman–Crippen MR) is 255 cm³/mol. The molecular formula is C55H56O18. The molecular weight excluding hydrogens is 949 g/mol. The maximum absolute atomic E-state index is 14.1. The summed E-state index contributed by atoms with van der Waals surface area (Å²) in [5.74, 6) is -4.85. The number of ether oxygens (including phenoxy) is 12. The van der Waals surface area contributed by atoms with E-state index in [9.17, 15) is 28.8 Å². The molecule has 18 nitrogen and oxygen atoms in total. The summed E-state index contributed by atoms with van der Waals surface area (Å²) in [4.78, 5) is 81.3. The van der Waals surface area contributed by atoms with E-state index in [2.05, 4.69) is 0 Å². The van der Waals surface area contributed by atoms with Crippen LogP contribution in [0.15, 0.2) is 152 Å². The van der Waals surface area contributed by atoms with E-state index >= 15 is 0 Å². The molecule has 0 amide bonds. The first-order chi connectivity index (χ1) is 35.4. The zero-order valence-corrected chi connectivity index (χ0v) is 40.5. The number of rotatable bonds is 21. The van der Waals surface area contributed by atoms with Gasteiger partial charge in [-0.25, -0.2) is 19.2 Å². The van der Waals surface area contributed by atoms with E-state index in [-0.39, 0.29) is 29.9 Å². The van der Waals surface area contributed by atoms with Gasteiger partial charge in [0.05, 0.1) is 36.5 Å². The van der Waals surface area contributed by atoms with Crippen LogP contribution in [0.3, 0.4) is 0 Å². The molecule has 0 saturated carbocycles. The third-order valence-electron chi connectivity index (χ3n) is 11.5. The molecule has 384 valence electrons. The summed E-state index contributed by atoms with van der Waals surface area (Å²) in [5.41, 5.74) is 1.45. The lowest BCUT2D eigenvalue weighted by Crippen LogP contribution is -2.65. The molecule has 18 heteroatoms. The number of esters is 6. The third kappa shape index (κ3) is 14.4. The Hall–Kier alpha value is -7.32. The van der Waals surface area contributed by atoms with Crippen LogP contribution in [-0.4, -0.2) is 124 Å². The lowest BCUT2D eigenvalue weighted by Gasteiger charge is -2.47. The first-order valence-corrected chi connectivity index (χ1v) is 23.5. The Morgan fingerprint density at radius 2 is 0.945 bits per heavy atom. The van der Waals surface area contributed by atoms with Crippen LogP contribution in [0, 0.1) is 0 Å². The molecule has 2 aliphatic rings. The number of hydrogen-bond acceptors (Lipinski definition) is 18. The van der Waals surface area contributed by atoms with Crippen molar-refractivity contribution in [3.63, 3.8) is 0 Å². The molecule has 2 saturated heterocycles. The van der Waals surface area contributed by atoms with Gasteiger partial charge in [-0.2, -0.15) is 0 Å². The number of carbonyl (C=O) groups excluding carboxylic acids is 6. The first-order valence-electron chi connectivity index (χ1n) is 23.5. The minimum Gasteiger partial charge on any atom is -0.464 e. The Labute approximate surface area is 421 Å². The number of hydrogen-bond donors (Lipinski definition) is 0. The zero-order chi connectivity index (χ0) is 51.7. The average molecular weight is 1010 g/mol. The molecule has 5 aromatic rings. The Bertz CT molecular complexity index is 2570. The molecule has 73 heavy (non-hydrogen) atoms. The minimum absolute atomic E-state index is 0.0201. The van der Waals surface area contributed by atoms with E-state index in [1.165, 1.54) is 57.4 Å². The zero-order valence-electron chi connectivity index (χ0n) is 40.5. The molecule has 5 aromatic carbocycles. The molecule has 11 atom stereocenters. The largest absolute Gasteiger partial charge is 0.464 e. The highest BCUT2D eigenvalue weighted by molar-refractivity contribution is 5.91. The Morgan fingerprint density at radius 1 is 0.479 bits per heavy atom. The Morgan fingerprint density at radius 3 is 1.45 bits per heavy atom. The van der Waals surface area contributed by atoms with Crippen molar-refractivity contribution >= 4 is 35.8 Å². The molecule has 0 aromatic heterocycles. The Kier molecular flexibility index (Phi) is 19.3. The van der Waals surface area contributed by atoms with Gasteiger partial charge in [0.15, 0.2) is 43.1 Å². The number of methoxy groups -OCH3 is 1. The first kappa shape index (κ1) is 53.5. The van der Waals surface area contributed by atoms with E-state index < -0.39 is 117 Å². The van der Waals surface area contributed by atoms with Crippen LogP contribution in [0.4, 0.5) is 0 Å². The van der Waals surface area contributed by atoms with Gasteiger partial charge in [0.2, 0.25) is 0 Å². The van der Waals surface area contributed by atoms with Crippen molar-refractivity contribution in [2.24, 2.45) is 0 Å². The van der Waals surface area contributed by atoms with Crippen LogP contribution >= 0.6 is 0 Å². The second kappa shape index (κ2) is 26.4. The van der Waals surface area contributed by atoms with Gasteiger partial charge in [0.1, 0.15) is 31.0 Å². The molecule has 0 aliphatic carbocycles. The monoisotopic (exact) mass is 1000 g/mol. The summed E-state index contributed by atoms with van der Waals surface area (Å²) < 4.78 is 73.9. The van der Waals surface area contributed by atoms with Crippen molar-refractivity contribution in [2.75, 3.05) is 26.9 Å². The fraction of sp³-hybridized carbons (Fsp3) is 0.345. The summed E-state index contributed by atoms with van der Waals surface area (Å²) in [6.45, 7) is 2.88. The number of benzene rings is 5. The van der Waals surface area contributed by atoms with Gasteiger partial charge in [-0.3, -0.25) is 9.59 Å². The van der Waals surface area contributed by atoms with Crippen molar-refractivity contribution in [3.05, 3.63) is 179 Å². The maximum atomic E-state index is 14.1. The SMILES string of the molecule is CCOC(=O)[C@@H](O[C@H]1C(OC[C@H]2O[C@H](OC)[C@H](OC(=O)c3ccccc3)[C@@H](OC(=O)c3ccccc3)[C@@H]2OC(=O)c2ccccc2)O[C@H](COC(C)=O)[C@@H](OCc2ccccc2)[C@@H]1OC(C)=O)c1ccccc1. The van der Waals surface area contributed by atoms with Crippen molar-refractivity contribution in [1.29, 1.82) is 0 Å². The molecule has 0 radical (unpaired) electrons. The van der Waals surface area contributed by atoms with Gasteiger partial charge in [-0.15, -0.1) is 0 Å². The van der Waals surface area contributed by atoms with E-state index in [4.69, 9.17) is 56.8 Å². The maximum Gasteiger partial charge on any atom is 0.339 e. The van der Waals surface area contributed by atoms with Crippen LogP contribution in [-0.2, 0) is 77.8 Å². The molecule has 0 spiro atoms. The van der Waals surface area contributed by atoms with Gasteiger partial charge in [-0.05, 0) is 54.4 Å². The molecule has 7 rings (SSSR count). The quantitative estimate of drug-likeness (QED) is 0.0563. The van der Waals surface area contributed by atoms with Crippen LogP contribution in [0.5, 0.6) is 0 Å². The Balaban J connectivity index is 1.31. The summed E-state index contributed by atoms with van der Waals surface area (Å²) in [6.07, 6.45) is -16.4. The van der Waals surface area contributed by atoms with Gasteiger partial charge in [0, 0.05) is 21.0 Å². The second-order valence-corrected chi connectivity index (χ2v) is 16.6. The van der Waals surface area contributed by atoms with E-state index in [1.54, 1.807) is 91.9 Å². The standard InChI is InChI=1S/C55H56O18/c1-5-63-53(61)43(37-23-13-7-14-24-37)70-49-46(67-35(3)57)44(65-31-36-21-11-6-12-22-36)41(32-64-34(2)56)69-55(49)66-33-42-45(71-50(58)38-25-15-8-16-26-38)47(72-51(59)39-27-17-9-18-28-39)48(54(62-4)68-42)73-52(60)40-29-19-10-20-30-40/h6-30,41-49,54-55H,5,31-33H2,1-4H3/t41-,42-,43+,44-,45-,46+,47+,48-,49-,54+,55?/m1/s1. The van der Waals surface area contributed by atoms with Gasteiger partial charge in [-0.1, -0.05) is 115 Å². The van der Waals surface area contributed by atoms with Crippen LogP contribution in [0.25, 0.3) is 0 Å². The highest BCUT2D eigenvalue weighted by atomic mass is 16.8. The molecule has 2 fully saturated rings. The van der Waals surface area contributed by atoms with Crippen LogP contribution < -0.4 is 0 Å². The van der Waals surface area contributed by atoms with Gasteiger partial charge < -0.3 is 56.8 Å². The molecule has 2 heterocycles. The van der Waals surface area contributed by atoms with Gasteiger partial charge in [0.25, 0.3) is 0 Å². The minimum atomic E-state index is -1.66. The highest BCUT2D eigenvalue weighted by Gasteiger charge is 2.56. The second-order valence-electron chi connectivity index (χ2n) is 16.6. The topological polar surface area (TPSA) is 213 Å². The number of carbonyl (C=O) groups is 6. The fourth-order valence-corrected chi connectivity index (χ4v) is 8.15. The molecule has 2 aliphatic heterocycles. The molecule has 0 bridgehead atoms. The van der Waals surface area contributed by atoms with Gasteiger partial charge >= 0.3 is 35.8 Å². The molecule has 1 unspecified atom stereocenters. The smallest absolute Gasteiger partial charge is 0.339 e. The van der Waals surface area contributed by atoms with Crippen molar-refractivity contribution in [1.82, 2.24) is 0 Å². The average Bonchev–Trinajstić information content (AvgIpc) is 3.41. The summed E-state index contributed by atoms with van der Waals surface area (Å²) >= 11 is 0. The molecule has 0 N–H and O–H groups in total. The van der Waals surface area contributed by atoms with Crippen molar-refractivity contribution in [3.8, 4) is 0 Å². The normalized spacial score (nSPS) is 23.9. The van der Waals surface area contributed by atoms with E-state index in [1.807, 2.05) is 30.3 Å². The lowest BCUT2D eigenvalue weighted by molar-refractivity contribution is -0.340. The van der Waals surface area contributed by atoms with Crippen LogP contribution in [0.1, 0.15) is 69.1 Å². The fourth-order valence-electron chi connectivity index (χ4n) is 8.15. The summed E-state index contributed by atoms with van der Waals surface area (Å²) in [5, 5.41) is 0. The lowest BCUT2D eigenvalue weighted by atomic mass is 9.96. The van der Waals surface area contributed by atoms with E-state index in [0.717, 1.165) is 5.56 Å². The summed E-state index contributed by atoms with van der Waals surface area (Å²) in [6, 6.07) is 41.4. The summed E-state index contributed by atoms with van der Waals surface area (Å²) in [7, 11) is 1.27. The van der Waals surface area contributed by atoms with E-state index in [0.29, 0.717) is 5.56 Å². The van der Waals surface area contributed by atoms with Crippen molar-refractivity contribution < 1.29 is 85.6 Å². The predicted octanol–water partition coefficient (Wildman–Crippen LogP) is 6.55.